The van der Waals surface area contributed by atoms with Gasteiger partial charge in [-0.3, -0.25) is 9.69 Å². The largest absolute Gasteiger partial charge is 0.353 e. The van der Waals surface area contributed by atoms with Gasteiger partial charge in [0.2, 0.25) is 0 Å². The molecule has 1 N–H and O–H groups in total. The molecule has 0 aromatic carbocycles. The van der Waals surface area contributed by atoms with Gasteiger partial charge in [0, 0.05) is 32.7 Å². The third-order valence-corrected chi connectivity index (χ3v) is 3.41. The zero-order valence-corrected chi connectivity index (χ0v) is 11.6. The van der Waals surface area contributed by atoms with Crippen LogP contribution in [-0.2, 0) is 0 Å². The Bertz CT molecular complexity index is 452. The Morgan fingerprint density at radius 1 is 1.39 bits per heavy atom. The van der Waals surface area contributed by atoms with Gasteiger partial charge in [0.1, 0.15) is 5.02 Å². The van der Waals surface area contributed by atoms with E-state index in [0.29, 0.717) is 11.7 Å². The molecule has 0 amide bonds. The Morgan fingerprint density at radius 2 is 2.06 bits per heavy atom. The van der Waals surface area contributed by atoms with E-state index >= 15 is 0 Å². The van der Waals surface area contributed by atoms with Gasteiger partial charge >= 0.3 is 0 Å². The summed E-state index contributed by atoms with van der Waals surface area (Å²) in [6, 6.07) is 0. The van der Waals surface area contributed by atoms with Gasteiger partial charge in [-0.15, -0.1) is 0 Å². The van der Waals surface area contributed by atoms with Crippen molar-refractivity contribution < 1.29 is 0 Å². The van der Waals surface area contributed by atoms with E-state index in [1.165, 1.54) is 6.33 Å². The van der Waals surface area contributed by atoms with Crippen LogP contribution in [0, 0.1) is 5.92 Å². The van der Waals surface area contributed by atoms with Crippen molar-refractivity contribution in [2.24, 2.45) is 5.92 Å². The summed E-state index contributed by atoms with van der Waals surface area (Å²) in [5.41, 5.74) is -0.272. The second-order valence-electron chi connectivity index (χ2n) is 5.05. The van der Waals surface area contributed by atoms with Crippen molar-refractivity contribution in [3.05, 3.63) is 21.7 Å². The van der Waals surface area contributed by atoms with Gasteiger partial charge in [-0.1, -0.05) is 25.4 Å². The molecule has 0 aliphatic carbocycles. The highest BCUT2D eigenvalue weighted by molar-refractivity contribution is 6.32. The van der Waals surface area contributed by atoms with E-state index in [1.54, 1.807) is 0 Å². The molecule has 5 nitrogen and oxygen atoms in total. The first kappa shape index (κ1) is 13.4. The molecule has 2 heterocycles. The number of H-pyrrole nitrogens is 1. The first-order valence-corrected chi connectivity index (χ1v) is 6.66. The van der Waals surface area contributed by atoms with E-state index in [4.69, 9.17) is 11.6 Å². The number of aromatic nitrogens is 2. The van der Waals surface area contributed by atoms with Crippen molar-refractivity contribution >= 4 is 17.4 Å². The average Bonchev–Trinajstić information content (AvgIpc) is 2.33. The first-order valence-electron chi connectivity index (χ1n) is 6.28. The molecule has 18 heavy (non-hydrogen) atoms. The fourth-order valence-corrected chi connectivity index (χ4v) is 2.48. The fourth-order valence-electron chi connectivity index (χ4n) is 2.25. The monoisotopic (exact) mass is 270 g/mol. The van der Waals surface area contributed by atoms with Gasteiger partial charge in [-0.2, -0.15) is 0 Å². The van der Waals surface area contributed by atoms with Gasteiger partial charge < -0.3 is 9.88 Å². The predicted molar refractivity (Wildman–Crippen MR) is 73.4 cm³/mol. The smallest absolute Gasteiger partial charge is 0.271 e. The number of rotatable bonds is 3. The minimum Gasteiger partial charge on any atom is -0.353 e. The highest BCUT2D eigenvalue weighted by Crippen LogP contribution is 2.19. The maximum atomic E-state index is 11.4. The Hall–Kier alpha value is -1.07. The molecule has 0 atom stereocenters. The molecule has 1 aliphatic heterocycles. The molecular formula is C12H19ClN4O. The lowest BCUT2D eigenvalue weighted by Crippen LogP contribution is -2.48. The third-order valence-electron chi connectivity index (χ3n) is 3.07. The van der Waals surface area contributed by atoms with Gasteiger partial charge in [0.05, 0.1) is 6.33 Å². The molecule has 6 heteroatoms. The lowest BCUT2D eigenvalue weighted by molar-refractivity contribution is 0.231. The van der Waals surface area contributed by atoms with E-state index in [2.05, 4.69) is 33.6 Å². The Balaban J connectivity index is 2.01. The number of anilines is 1. The molecule has 1 aromatic rings. The molecule has 1 aromatic heterocycles. The predicted octanol–water partition coefficient (Wildman–Crippen LogP) is 1.20. The highest BCUT2D eigenvalue weighted by atomic mass is 35.5. The average molecular weight is 271 g/mol. The van der Waals surface area contributed by atoms with Crippen LogP contribution in [0.2, 0.25) is 5.02 Å². The highest BCUT2D eigenvalue weighted by Gasteiger charge is 2.21. The summed E-state index contributed by atoms with van der Waals surface area (Å²) in [4.78, 5) is 22.6. The van der Waals surface area contributed by atoms with Crippen LogP contribution in [0.15, 0.2) is 11.1 Å². The standard InChI is InChI=1S/C12H19ClN4O/c1-9(2)7-16-3-5-17(6-4-16)11-10(13)12(18)15-8-14-11/h8-9H,3-7H2,1-2H3,(H,14,15,18). The lowest BCUT2D eigenvalue weighted by Gasteiger charge is -2.36. The Morgan fingerprint density at radius 3 is 2.67 bits per heavy atom. The summed E-state index contributed by atoms with van der Waals surface area (Å²) in [5.74, 6) is 1.28. The second kappa shape index (κ2) is 5.71. The first-order chi connectivity index (χ1) is 8.58. The Labute approximate surface area is 112 Å². The van der Waals surface area contributed by atoms with Crippen molar-refractivity contribution in [2.45, 2.75) is 13.8 Å². The van der Waals surface area contributed by atoms with Gasteiger partial charge in [-0.05, 0) is 5.92 Å². The number of nitrogens with one attached hydrogen (secondary N) is 1. The zero-order chi connectivity index (χ0) is 13.1. The van der Waals surface area contributed by atoms with Crippen molar-refractivity contribution in [3.63, 3.8) is 0 Å². The summed E-state index contributed by atoms with van der Waals surface area (Å²) in [6.07, 6.45) is 1.41. The number of nitrogens with zero attached hydrogens (tertiary/aromatic N) is 3. The molecule has 2 rings (SSSR count). The van der Waals surface area contributed by atoms with Crippen LogP contribution in [-0.4, -0.2) is 47.6 Å². The molecule has 1 saturated heterocycles. The van der Waals surface area contributed by atoms with Crippen LogP contribution in [0.1, 0.15) is 13.8 Å². The van der Waals surface area contributed by atoms with E-state index in [9.17, 15) is 4.79 Å². The molecule has 0 radical (unpaired) electrons. The van der Waals surface area contributed by atoms with Crippen molar-refractivity contribution in [3.8, 4) is 0 Å². The SMILES string of the molecule is CC(C)CN1CCN(c2nc[nH]c(=O)c2Cl)CC1. The summed E-state index contributed by atoms with van der Waals surface area (Å²) < 4.78 is 0. The second-order valence-corrected chi connectivity index (χ2v) is 5.43. The van der Waals surface area contributed by atoms with Crippen LogP contribution in [0.3, 0.4) is 0 Å². The van der Waals surface area contributed by atoms with Gasteiger partial charge in [-0.25, -0.2) is 4.98 Å². The summed E-state index contributed by atoms with van der Waals surface area (Å²) >= 11 is 5.99. The number of aromatic amines is 1. The molecule has 1 aliphatic rings. The third kappa shape index (κ3) is 3.03. The lowest BCUT2D eigenvalue weighted by atomic mass is 10.2. The van der Waals surface area contributed by atoms with E-state index in [1.807, 2.05) is 0 Å². The van der Waals surface area contributed by atoms with E-state index in [0.717, 1.165) is 32.7 Å². The van der Waals surface area contributed by atoms with E-state index < -0.39 is 0 Å². The maximum absolute atomic E-state index is 11.4. The molecule has 0 unspecified atom stereocenters. The van der Waals surface area contributed by atoms with Crippen molar-refractivity contribution in [2.75, 3.05) is 37.6 Å². The van der Waals surface area contributed by atoms with Crippen molar-refractivity contribution in [1.82, 2.24) is 14.9 Å². The van der Waals surface area contributed by atoms with Crippen LogP contribution >= 0.6 is 11.6 Å². The quantitative estimate of drug-likeness (QED) is 0.897. The number of halogens is 1. The van der Waals surface area contributed by atoms with Crippen LogP contribution < -0.4 is 10.5 Å². The molecule has 1 fully saturated rings. The van der Waals surface area contributed by atoms with Crippen LogP contribution in [0.5, 0.6) is 0 Å². The fraction of sp³-hybridized carbons (Fsp3) is 0.667. The minimum absolute atomic E-state index is 0.190. The van der Waals surface area contributed by atoms with E-state index in [-0.39, 0.29) is 10.6 Å². The molecular weight excluding hydrogens is 252 g/mol. The normalized spacial score (nSPS) is 17.4. The number of hydrogen-bond acceptors (Lipinski definition) is 4. The van der Waals surface area contributed by atoms with Crippen LogP contribution in [0.4, 0.5) is 5.82 Å². The maximum Gasteiger partial charge on any atom is 0.271 e. The van der Waals surface area contributed by atoms with Gasteiger partial charge in [0.15, 0.2) is 5.82 Å². The van der Waals surface area contributed by atoms with Crippen LogP contribution in [0.25, 0.3) is 0 Å². The summed E-state index contributed by atoms with van der Waals surface area (Å²) in [5, 5.41) is 0.190. The molecule has 0 spiro atoms. The Kier molecular flexibility index (Phi) is 4.24. The number of hydrogen-bond donors (Lipinski definition) is 1. The van der Waals surface area contributed by atoms with Gasteiger partial charge in [0.25, 0.3) is 5.56 Å². The minimum atomic E-state index is -0.272. The molecule has 0 bridgehead atoms. The molecule has 100 valence electrons. The topological polar surface area (TPSA) is 52.2 Å². The molecule has 0 saturated carbocycles. The summed E-state index contributed by atoms with van der Waals surface area (Å²) in [6.45, 7) is 9.27. The number of piperazine rings is 1. The van der Waals surface area contributed by atoms with Crippen molar-refractivity contribution in [1.29, 1.82) is 0 Å². The summed E-state index contributed by atoms with van der Waals surface area (Å²) in [7, 11) is 0. The zero-order valence-electron chi connectivity index (χ0n) is 10.8.